The van der Waals surface area contributed by atoms with E-state index in [0.29, 0.717) is 18.3 Å². The molecule has 1 aliphatic rings. The van der Waals surface area contributed by atoms with E-state index in [9.17, 15) is 22.4 Å². The minimum absolute atomic E-state index is 0.305. The average molecular weight is 339 g/mol. The highest BCUT2D eigenvalue weighted by atomic mass is 19.4. The molecule has 0 radical (unpaired) electrons. The van der Waals surface area contributed by atoms with Gasteiger partial charge in [0.15, 0.2) is 0 Å². The van der Waals surface area contributed by atoms with E-state index in [1.54, 1.807) is 6.07 Å². The van der Waals surface area contributed by atoms with Crippen molar-refractivity contribution < 1.29 is 22.4 Å². The SMILES string of the molecule is O=C(Nc1cnc2c(c1)CNCC2)c1cccc(C(F)(F)F)c1F. The highest BCUT2D eigenvalue weighted by Gasteiger charge is 2.35. The number of nitrogens with one attached hydrogen (secondary N) is 2. The molecule has 1 aromatic heterocycles. The summed E-state index contributed by atoms with van der Waals surface area (Å²) in [5.41, 5.74) is -0.0385. The Bertz CT molecular complexity index is 789. The van der Waals surface area contributed by atoms with Gasteiger partial charge >= 0.3 is 6.18 Å². The van der Waals surface area contributed by atoms with Crippen LogP contribution in [0.4, 0.5) is 23.2 Å². The van der Waals surface area contributed by atoms with Crippen molar-refractivity contribution in [2.24, 2.45) is 0 Å². The molecule has 2 aromatic rings. The molecule has 4 nitrogen and oxygen atoms in total. The van der Waals surface area contributed by atoms with Gasteiger partial charge < -0.3 is 10.6 Å². The maximum Gasteiger partial charge on any atom is 0.419 e. The van der Waals surface area contributed by atoms with Gasteiger partial charge in [-0.25, -0.2) is 4.39 Å². The van der Waals surface area contributed by atoms with Crippen LogP contribution in [0.25, 0.3) is 0 Å². The van der Waals surface area contributed by atoms with Gasteiger partial charge in [-0.15, -0.1) is 0 Å². The van der Waals surface area contributed by atoms with Crippen LogP contribution in [0.3, 0.4) is 0 Å². The summed E-state index contributed by atoms with van der Waals surface area (Å²) in [7, 11) is 0. The Morgan fingerprint density at radius 1 is 1.29 bits per heavy atom. The molecule has 24 heavy (non-hydrogen) atoms. The standard InChI is InChI=1S/C16H13F4N3O/c17-14-11(2-1-3-12(14)16(18,19)20)15(24)23-10-6-9-7-21-5-4-13(9)22-8-10/h1-3,6,8,21H,4-5,7H2,(H,23,24). The summed E-state index contributed by atoms with van der Waals surface area (Å²) in [4.78, 5) is 16.3. The molecule has 2 heterocycles. The molecule has 0 spiro atoms. The maximum absolute atomic E-state index is 14.0. The first-order valence-corrected chi connectivity index (χ1v) is 7.22. The van der Waals surface area contributed by atoms with Gasteiger partial charge in [0.05, 0.1) is 23.0 Å². The number of anilines is 1. The zero-order chi connectivity index (χ0) is 17.3. The lowest BCUT2D eigenvalue weighted by Crippen LogP contribution is -2.25. The lowest BCUT2D eigenvalue weighted by atomic mass is 10.1. The van der Waals surface area contributed by atoms with Gasteiger partial charge in [0.1, 0.15) is 5.82 Å². The van der Waals surface area contributed by atoms with Crippen LogP contribution in [0, 0.1) is 5.82 Å². The fourth-order valence-corrected chi connectivity index (χ4v) is 2.54. The molecule has 0 saturated carbocycles. The van der Waals surface area contributed by atoms with Crippen LogP contribution in [0.1, 0.15) is 27.2 Å². The Morgan fingerprint density at radius 2 is 2.08 bits per heavy atom. The summed E-state index contributed by atoms with van der Waals surface area (Å²) in [6.45, 7) is 1.39. The number of fused-ring (bicyclic) bond motifs is 1. The molecule has 0 saturated heterocycles. The van der Waals surface area contributed by atoms with E-state index in [1.807, 2.05) is 0 Å². The number of pyridine rings is 1. The van der Waals surface area contributed by atoms with Gasteiger partial charge in [-0.3, -0.25) is 9.78 Å². The molecule has 0 unspecified atom stereocenters. The number of rotatable bonds is 2. The van der Waals surface area contributed by atoms with E-state index in [2.05, 4.69) is 15.6 Å². The summed E-state index contributed by atoms with van der Waals surface area (Å²) in [5.74, 6) is -2.54. The van der Waals surface area contributed by atoms with Gasteiger partial charge in [0, 0.05) is 25.2 Å². The van der Waals surface area contributed by atoms with Crippen molar-refractivity contribution in [2.75, 3.05) is 11.9 Å². The second kappa shape index (κ2) is 6.20. The van der Waals surface area contributed by atoms with Crippen LogP contribution in [-0.2, 0) is 19.1 Å². The monoisotopic (exact) mass is 339 g/mol. The molecule has 2 N–H and O–H groups in total. The van der Waals surface area contributed by atoms with Gasteiger partial charge in [-0.05, 0) is 23.8 Å². The van der Waals surface area contributed by atoms with Crippen LogP contribution in [0.2, 0.25) is 0 Å². The predicted molar refractivity (Wildman–Crippen MR) is 79.0 cm³/mol. The van der Waals surface area contributed by atoms with Gasteiger partial charge in [-0.2, -0.15) is 13.2 Å². The quantitative estimate of drug-likeness (QED) is 0.827. The van der Waals surface area contributed by atoms with E-state index in [1.165, 1.54) is 6.20 Å². The van der Waals surface area contributed by atoms with Crippen molar-refractivity contribution in [1.82, 2.24) is 10.3 Å². The smallest absolute Gasteiger partial charge is 0.320 e. The largest absolute Gasteiger partial charge is 0.419 e. The Hall–Kier alpha value is -2.48. The van der Waals surface area contributed by atoms with Crippen LogP contribution >= 0.6 is 0 Å². The van der Waals surface area contributed by atoms with E-state index < -0.39 is 29.0 Å². The van der Waals surface area contributed by atoms with E-state index in [0.717, 1.165) is 36.4 Å². The number of alkyl halides is 3. The lowest BCUT2D eigenvalue weighted by molar-refractivity contribution is -0.140. The normalized spacial score (nSPS) is 14.2. The third-order valence-corrected chi connectivity index (χ3v) is 3.72. The van der Waals surface area contributed by atoms with Gasteiger partial charge in [-0.1, -0.05) is 6.07 Å². The van der Waals surface area contributed by atoms with Crippen LogP contribution < -0.4 is 10.6 Å². The Kier molecular flexibility index (Phi) is 4.23. The number of carbonyl (C=O) groups is 1. The molecule has 3 rings (SSSR count). The number of hydrogen-bond donors (Lipinski definition) is 2. The molecule has 0 aliphatic carbocycles. The predicted octanol–water partition coefficient (Wildman–Crippen LogP) is 3.14. The van der Waals surface area contributed by atoms with Crippen molar-refractivity contribution in [3.05, 3.63) is 58.7 Å². The molecule has 0 fully saturated rings. The first-order chi connectivity index (χ1) is 11.4. The van der Waals surface area contributed by atoms with Crippen molar-refractivity contribution in [3.8, 4) is 0 Å². The van der Waals surface area contributed by atoms with Crippen LogP contribution in [0.5, 0.6) is 0 Å². The zero-order valence-corrected chi connectivity index (χ0v) is 12.4. The second-order valence-electron chi connectivity index (χ2n) is 5.38. The number of hydrogen-bond acceptors (Lipinski definition) is 3. The number of benzene rings is 1. The number of carbonyl (C=O) groups excluding carboxylic acids is 1. The molecule has 0 atom stereocenters. The number of aromatic nitrogens is 1. The first-order valence-electron chi connectivity index (χ1n) is 7.22. The molecule has 8 heteroatoms. The molecule has 126 valence electrons. The lowest BCUT2D eigenvalue weighted by Gasteiger charge is -2.17. The Labute approximate surface area is 134 Å². The van der Waals surface area contributed by atoms with E-state index >= 15 is 0 Å². The minimum atomic E-state index is -4.86. The summed E-state index contributed by atoms with van der Waals surface area (Å²) < 4.78 is 52.1. The van der Waals surface area contributed by atoms with Crippen LogP contribution in [0.15, 0.2) is 30.5 Å². The topological polar surface area (TPSA) is 54.0 Å². The fourth-order valence-electron chi connectivity index (χ4n) is 2.54. The fraction of sp³-hybridized carbons (Fsp3) is 0.250. The molecular formula is C16H13F4N3O. The van der Waals surface area contributed by atoms with Crippen molar-refractivity contribution in [2.45, 2.75) is 19.1 Å². The first kappa shape index (κ1) is 16.4. The van der Waals surface area contributed by atoms with Crippen molar-refractivity contribution >= 4 is 11.6 Å². The third kappa shape index (κ3) is 3.23. The molecule has 1 aliphatic heterocycles. The van der Waals surface area contributed by atoms with Crippen LogP contribution in [-0.4, -0.2) is 17.4 Å². The Balaban J connectivity index is 1.86. The average Bonchev–Trinajstić information content (AvgIpc) is 2.53. The minimum Gasteiger partial charge on any atom is -0.320 e. The zero-order valence-electron chi connectivity index (χ0n) is 12.4. The second-order valence-corrected chi connectivity index (χ2v) is 5.38. The Morgan fingerprint density at radius 3 is 2.83 bits per heavy atom. The summed E-state index contributed by atoms with van der Waals surface area (Å²) in [5, 5.41) is 5.54. The highest BCUT2D eigenvalue weighted by molar-refractivity contribution is 6.04. The van der Waals surface area contributed by atoms with Crippen molar-refractivity contribution in [1.29, 1.82) is 0 Å². The molecule has 1 aromatic carbocycles. The third-order valence-electron chi connectivity index (χ3n) is 3.72. The number of nitrogens with zero attached hydrogens (tertiary/aromatic N) is 1. The van der Waals surface area contributed by atoms with E-state index in [4.69, 9.17) is 0 Å². The van der Waals surface area contributed by atoms with Gasteiger partial charge in [0.25, 0.3) is 5.91 Å². The summed E-state index contributed by atoms with van der Waals surface area (Å²) in [6.07, 6.45) is -2.70. The summed E-state index contributed by atoms with van der Waals surface area (Å²) in [6, 6.07) is 4.28. The maximum atomic E-state index is 14.0. The highest BCUT2D eigenvalue weighted by Crippen LogP contribution is 2.32. The number of halogens is 4. The van der Waals surface area contributed by atoms with E-state index in [-0.39, 0.29) is 0 Å². The number of amides is 1. The molecule has 1 amide bonds. The van der Waals surface area contributed by atoms with Gasteiger partial charge in [0.2, 0.25) is 0 Å². The molecule has 0 bridgehead atoms. The summed E-state index contributed by atoms with van der Waals surface area (Å²) >= 11 is 0. The van der Waals surface area contributed by atoms with Crippen molar-refractivity contribution in [3.63, 3.8) is 0 Å². The molecular weight excluding hydrogens is 326 g/mol.